The molecular weight excluding hydrogens is 440 g/mol. The summed E-state index contributed by atoms with van der Waals surface area (Å²) >= 11 is 0. The molecule has 35 heavy (non-hydrogen) atoms. The summed E-state index contributed by atoms with van der Waals surface area (Å²) in [6.45, 7) is 17.1. The van der Waals surface area contributed by atoms with Gasteiger partial charge in [0.25, 0.3) is 0 Å². The summed E-state index contributed by atoms with van der Waals surface area (Å²) in [7, 11) is 0. The summed E-state index contributed by atoms with van der Waals surface area (Å²) in [5, 5.41) is 31.1. The van der Waals surface area contributed by atoms with Crippen LogP contribution in [-0.4, -0.2) is 33.4 Å². The number of aliphatic hydroxyl groups is 1. The molecule has 0 amide bonds. The van der Waals surface area contributed by atoms with Crippen LogP contribution in [0.5, 0.6) is 0 Å². The van der Waals surface area contributed by atoms with Gasteiger partial charge in [-0.25, -0.2) is 0 Å². The maximum atomic E-state index is 12.5. The number of rotatable bonds is 9. The Kier molecular flexibility index (Phi) is 7.82. The number of carbonyl (C=O) groups is 2. The van der Waals surface area contributed by atoms with Crippen molar-refractivity contribution >= 4 is 11.9 Å². The molecule has 5 heteroatoms. The van der Waals surface area contributed by atoms with Crippen LogP contribution in [0.25, 0.3) is 0 Å². The second-order valence-electron chi connectivity index (χ2n) is 12.6. The van der Waals surface area contributed by atoms with Gasteiger partial charge in [-0.2, -0.15) is 0 Å². The van der Waals surface area contributed by atoms with Gasteiger partial charge in [0, 0.05) is 12.3 Å². The van der Waals surface area contributed by atoms with Gasteiger partial charge in [-0.3, -0.25) is 9.59 Å². The molecule has 1 fully saturated rings. The van der Waals surface area contributed by atoms with E-state index in [2.05, 4.69) is 40.3 Å². The number of aliphatic carboxylic acids is 2. The van der Waals surface area contributed by atoms with Gasteiger partial charge in [0.15, 0.2) is 0 Å². The van der Waals surface area contributed by atoms with Crippen LogP contribution < -0.4 is 0 Å². The Labute approximate surface area is 211 Å². The molecule has 0 aliphatic heterocycles. The molecule has 0 bridgehead atoms. The lowest BCUT2D eigenvalue weighted by molar-refractivity contribution is -0.148. The van der Waals surface area contributed by atoms with Crippen LogP contribution in [0.1, 0.15) is 99.3 Å². The highest BCUT2D eigenvalue weighted by Crippen LogP contribution is 2.71. The highest BCUT2D eigenvalue weighted by atomic mass is 16.4. The monoisotopic (exact) mass is 486 g/mol. The predicted molar refractivity (Wildman–Crippen MR) is 139 cm³/mol. The zero-order valence-electron chi connectivity index (χ0n) is 22.6. The van der Waals surface area contributed by atoms with Crippen molar-refractivity contribution in [2.45, 2.75) is 105 Å². The van der Waals surface area contributed by atoms with E-state index in [1.807, 2.05) is 13.8 Å². The summed E-state index contributed by atoms with van der Waals surface area (Å²) in [5.41, 5.74) is 4.15. The Balaban J connectivity index is 2.06. The van der Waals surface area contributed by atoms with E-state index < -0.39 is 24.0 Å². The van der Waals surface area contributed by atoms with Gasteiger partial charge in [-0.15, -0.1) is 0 Å². The lowest BCUT2D eigenvalue weighted by Crippen LogP contribution is -2.49. The Morgan fingerprint density at radius 1 is 1.11 bits per heavy atom. The second-order valence-corrected chi connectivity index (χ2v) is 12.6. The van der Waals surface area contributed by atoms with Crippen molar-refractivity contribution in [1.29, 1.82) is 0 Å². The second kappa shape index (κ2) is 9.88. The van der Waals surface area contributed by atoms with Crippen molar-refractivity contribution in [1.82, 2.24) is 0 Å². The van der Waals surface area contributed by atoms with E-state index in [-0.39, 0.29) is 34.5 Å². The van der Waals surface area contributed by atoms with Crippen molar-refractivity contribution in [3.63, 3.8) is 0 Å². The van der Waals surface area contributed by atoms with E-state index in [4.69, 9.17) is 0 Å². The number of aliphatic hydroxyl groups excluding tert-OH is 1. The van der Waals surface area contributed by atoms with Crippen LogP contribution in [0.15, 0.2) is 34.9 Å². The predicted octanol–water partition coefficient (Wildman–Crippen LogP) is 6.77. The molecule has 3 aliphatic carbocycles. The van der Waals surface area contributed by atoms with Gasteiger partial charge < -0.3 is 15.3 Å². The van der Waals surface area contributed by atoms with E-state index in [0.29, 0.717) is 25.7 Å². The summed E-state index contributed by atoms with van der Waals surface area (Å²) < 4.78 is 0. The summed E-state index contributed by atoms with van der Waals surface area (Å²) in [6.07, 6.45) is 7.46. The quantitative estimate of drug-likeness (QED) is 0.312. The number of fused-ring (bicyclic) bond motifs is 2. The molecular formula is C30H46O5. The zero-order valence-corrected chi connectivity index (χ0v) is 22.6. The van der Waals surface area contributed by atoms with E-state index in [9.17, 15) is 24.9 Å². The summed E-state index contributed by atoms with van der Waals surface area (Å²) in [4.78, 5) is 24.0. The highest BCUT2D eigenvalue weighted by molar-refractivity contribution is 5.71. The van der Waals surface area contributed by atoms with E-state index in [1.165, 1.54) is 16.7 Å². The number of allylic oxidation sites excluding steroid dienone is 5. The van der Waals surface area contributed by atoms with Gasteiger partial charge in [0.2, 0.25) is 0 Å². The largest absolute Gasteiger partial charge is 0.481 e. The molecule has 5 nitrogen and oxygen atoms in total. The van der Waals surface area contributed by atoms with Crippen LogP contribution in [0.4, 0.5) is 0 Å². The third-order valence-electron chi connectivity index (χ3n) is 10.3. The maximum absolute atomic E-state index is 12.5. The molecule has 196 valence electrons. The Bertz CT molecular complexity index is 940. The van der Waals surface area contributed by atoms with Crippen LogP contribution in [0.2, 0.25) is 0 Å². The van der Waals surface area contributed by atoms with Crippen molar-refractivity contribution in [3.8, 4) is 0 Å². The van der Waals surface area contributed by atoms with Crippen molar-refractivity contribution in [2.24, 2.45) is 34.0 Å². The minimum atomic E-state index is -0.807. The fourth-order valence-corrected chi connectivity index (χ4v) is 8.43. The maximum Gasteiger partial charge on any atom is 0.306 e. The molecule has 0 heterocycles. The van der Waals surface area contributed by atoms with Crippen molar-refractivity contribution in [3.05, 3.63) is 34.9 Å². The summed E-state index contributed by atoms with van der Waals surface area (Å²) in [5.74, 6) is -2.22. The molecule has 0 radical (unpaired) electrons. The first kappa shape index (κ1) is 27.7. The first-order valence-corrected chi connectivity index (χ1v) is 13.3. The molecule has 0 saturated heterocycles. The number of hydrogen-bond acceptors (Lipinski definition) is 3. The molecule has 1 saturated carbocycles. The molecule has 0 spiro atoms. The lowest BCUT2D eigenvalue weighted by atomic mass is 9.47. The topological polar surface area (TPSA) is 94.8 Å². The zero-order chi connectivity index (χ0) is 26.3. The van der Waals surface area contributed by atoms with Gasteiger partial charge in [0.05, 0.1) is 12.0 Å². The number of hydrogen-bond donors (Lipinski definition) is 3. The van der Waals surface area contributed by atoms with E-state index in [1.54, 1.807) is 0 Å². The van der Waals surface area contributed by atoms with Crippen LogP contribution in [-0.2, 0) is 9.59 Å². The third-order valence-corrected chi connectivity index (χ3v) is 10.3. The average Bonchev–Trinajstić information content (AvgIpc) is 2.95. The molecule has 7 atom stereocenters. The van der Waals surface area contributed by atoms with Gasteiger partial charge in [0.1, 0.15) is 0 Å². The standard InChI is InChI=1S/C30H46O5/c1-18(2)9-8-10-20(27(34)35)26-24(31)17-30(7)23-12-11-21(19(3)4)28(5,15-14-25(32)33)22(23)13-16-29(26,30)6/h9,20-21,24,26,31H,3,8,10-17H2,1-2,4-7H3,(H,32,33)(H,34,35)/t20-,21-,24+,26-,28-,29+,30-/m0/s1. The van der Waals surface area contributed by atoms with Crippen molar-refractivity contribution in [2.75, 3.05) is 0 Å². The van der Waals surface area contributed by atoms with E-state index in [0.717, 1.165) is 31.3 Å². The minimum Gasteiger partial charge on any atom is -0.481 e. The minimum absolute atomic E-state index is 0.127. The third kappa shape index (κ3) is 4.65. The smallest absolute Gasteiger partial charge is 0.306 e. The fourth-order valence-electron chi connectivity index (χ4n) is 8.43. The highest BCUT2D eigenvalue weighted by Gasteiger charge is 2.65. The number of carboxylic acid groups (broad SMARTS) is 2. The number of carboxylic acids is 2. The van der Waals surface area contributed by atoms with Gasteiger partial charge >= 0.3 is 11.9 Å². The molecule has 3 rings (SSSR count). The van der Waals surface area contributed by atoms with Crippen LogP contribution >= 0.6 is 0 Å². The molecule has 0 aromatic rings. The average molecular weight is 487 g/mol. The van der Waals surface area contributed by atoms with Crippen LogP contribution in [0, 0.1) is 34.0 Å². The SMILES string of the molecule is C=C(C)[C@@H]1CCC2=C(CC[C@]3(C)[C@@H]([C@H](CCC=C(C)C)C(=O)O)[C@H](O)C[C@@]23C)[C@@]1(C)CCC(=O)O. The summed E-state index contributed by atoms with van der Waals surface area (Å²) in [6, 6.07) is 0. The molecule has 0 unspecified atom stereocenters. The first-order valence-electron chi connectivity index (χ1n) is 13.3. The van der Waals surface area contributed by atoms with Crippen molar-refractivity contribution < 1.29 is 24.9 Å². The van der Waals surface area contributed by atoms with Gasteiger partial charge in [-0.05, 0) is 94.3 Å². The Morgan fingerprint density at radius 3 is 2.31 bits per heavy atom. The van der Waals surface area contributed by atoms with Crippen LogP contribution in [0.3, 0.4) is 0 Å². The fraction of sp³-hybridized carbons (Fsp3) is 0.733. The normalized spacial score (nSPS) is 37.3. The van der Waals surface area contributed by atoms with E-state index >= 15 is 0 Å². The van der Waals surface area contributed by atoms with Gasteiger partial charge in [-0.1, -0.05) is 55.7 Å². The lowest BCUT2D eigenvalue weighted by Gasteiger charge is -2.57. The first-order chi connectivity index (χ1) is 16.2. The molecule has 3 aliphatic rings. The molecule has 0 aromatic heterocycles. The Hall–Kier alpha value is -1.88. The molecule has 0 aromatic carbocycles. The Morgan fingerprint density at radius 2 is 1.77 bits per heavy atom. The molecule has 3 N–H and O–H groups in total.